The monoisotopic (exact) mass is 790 g/mol. The van der Waals surface area contributed by atoms with Gasteiger partial charge in [-0.2, -0.15) is 0 Å². The summed E-state index contributed by atoms with van der Waals surface area (Å²) in [4.78, 5) is 3.19. The van der Waals surface area contributed by atoms with E-state index in [1.807, 2.05) is 54.6 Å². The SMILES string of the molecule is [2H]c1c([2H])c([2H])c(-c2c([2H])c([2H])c([2H])c(N(c3cc4c5c(c3)N(c3ccc(C(C)(C)C)cc3)c3ccc(C(C)(C)C)cc3B5c3cc(-c5ccccc5)ccc3O4)c3c([2H])c([2H])c([2H])c([2H])c3[2H])c2[2H])c([2H])c1[2H]. The minimum atomic E-state index is -0.807. The second kappa shape index (κ2) is 14.5. The zero-order chi connectivity index (χ0) is 53.4. The molecule has 2 aliphatic rings. The fraction of sp³-hybridized carbons (Fsp3) is 0.143. The largest absolute Gasteiger partial charge is 0.458 e. The first-order valence-electron chi connectivity index (χ1n) is 27.0. The van der Waals surface area contributed by atoms with E-state index in [0.717, 1.165) is 54.9 Å². The molecule has 0 N–H and O–H groups in total. The van der Waals surface area contributed by atoms with Crippen LogP contribution in [-0.4, -0.2) is 6.71 Å². The highest BCUT2D eigenvalue weighted by atomic mass is 16.5. The van der Waals surface area contributed by atoms with Gasteiger partial charge in [0.1, 0.15) is 11.5 Å². The minimum absolute atomic E-state index is 0.0256. The van der Waals surface area contributed by atoms with Crippen molar-refractivity contribution >= 4 is 57.2 Å². The Balaban J connectivity index is 1.35. The van der Waals surface area contributed by atoms with Crippen molar-refractivity contribution in [1.29, 1.82) is 0 Å². The van der Waals surface area contributed by atoms with Gasteiger partial charge in [0.15, 0.2) is 0 Å². The molecule has 10 rings (SSSR count). The summed E-state index contributed by atoms with van der Waals surface area (Å²) in [5.74, 6) is 0.822. The number of para-hydroxylation sites is 1. The van der Waals surface area contributed by atoms with E-state index in [1.54, 1.807) is 12.1 Å². The van der Waals surface area contributed by atoms with E-state index >= 15 is 0 Å². The van der Waals surface area contributed by atoms with E-state index in [-0.39, 0.29) is 16.5 Å². The Morgan fingerprint density at radius 3 is 1.88 bits per heavy atom. The molecule has 0 bridgehead atoms. The molecule has 0 aromatic heterocycles. The molecule has 2 heterocycles. The van der Waals surface area contributed by atoms with Crippen LogP contribution in [0.5, 0.6) is 11.5 Å². The summed E-state index contributed by atoms with van der Waals surface area (Å²) in [6.07, 6.45) is 0. The maximum atomic E-state index is 9.90. The van der Waals surface area contributed by atoms with Crippen molar-refractivity contribution < 1.29 is 23.9 Å². The van der Waals surface area contributed by atoms with Gasteiger partial charge in [0.25, 0.3) is 6.71 Å². The van der Waals surface area contributed by atoms with E-state index in [0.29, 0.717) is 17.2 Å². The summed E-state index contributed by atoms with van der Waals surface area (Å²) in [5, 5.41) is 0. The predicted octanol–water partition coefficient (Wildman–Crippen LogP) is 13.5. The first-order valence-corrected chi connectivity index (χ1v) is 20.0. The van der Waals surface area contributed by atoms with Crippen LogP contribution in [0.3, 0.4) is 0 Å². The molecule has 4 heteroatoms. The van der Waals surface area contributed by atoms with Gasteiger partial charge in [-0.25, -0.2) is 0 Å². The van der Waals surface area contributed by atoms with E-state index in [1.165, 1.54) is 0 Å². The molecule has 0 fully saturated rings. The molecule has 0 atom stereocenters. The summed E-state index contributed by atoms with van der Waals surface area (Å²) in [5.41, 5.74) is 6.17. The third kappa shape index (κ3) is 6.67. The lowest BCUT2D eigenvalue weighted by Gasteiger charge is -2.42. The molecule has 0 aliphatic carbocycles. The molecular weight excluding hydrogens is 727 g/mol. The van der Waals surface area contributed by atoms with Gasteiger partial charge in [0.05, 0.1) is 24.9 Å². The standard InChI is InChI=1S/C56H49BN2O/c1-55(2,3)42-26-29-45(30-27-42)59-50-31-28-43(56(4,5)6)35-48(50)57-49-34-41(39-19-12-8-13-20-39)25-32-52(49)60-53-37-47(36-51(59)54(53)57)58(44-22-14-9-15-23-44)46-24-16-21-40(33-46)38-17-10-7-11-18-38/h7-37H,1-6H3/i7D,9D,10D,11D,14D,15D,16D,17D,18D,21D,22D,23D,24D,33D. The summed E-state index contributed by atoms with van der Waals surface area (Å²) < 4.78 is 133. The van der Waals surface area contributed by atoms with Crippen molar-refractivity contribution in [3.63, 3.8) is 0 Å². The van der Waals surface area contributed by atoms with E-state index in [2.05, 4.69) is 82.8 Å². The lowest BCUT2D eigenvalue weighted by molar-refractivity contribution is 0.487. The van der Waals surface area contributed by atoms with Gasteiger partial charge in [-0.15, -0.1) is 0 Å². The highest BCUT2D eigenvalue weighted by Gasteiger charge is 2.43. The van der Waals surface area contributed by atoms with Crippen molar-refractivity contribution in [2.24, 2.45) is 0 Å². The van der Waals surface area contributed by atoms with Crippen molar-refractivity contribution in [3.8, 4) is 33.8 Å². The van der Waals surface area contributed by atoms with Crippen LogP contribution >= 0.6 is 0 Å². The quantitative estimate of drug-likeness (QED) is 0.156. The Hall–Kier alpha value is -6.78. The summed E-state index contributed by atoms with van der Waals surface area (Å²) in [6, 6.07) is 23.5. The van der Waals surface area contributed by atoms with Crippen molar-refractivity contribution in [2.75, 3.05) is 9.80 Å². The summed E-state index contributed by atoms with van der Waals surface area (Å²) >= 11 is 0. The van der Waals surface area contributed by atoms with Crippen molar-refractivity contribution in [3.05, 3.63) is 199 Å². The fourth-order valence-electron chi connectivity index (χ4n) is 8.21. The highest BCUT2D eigenvalue weighted by molar-refractivity contribution is 6.99. The number of hydrogen-bond donors (Lipinski definition) is 0. The smallest absolute Gasteiger partial charge is 0.256 e. The van der Waals surface area contributed by atoms with E-state index in [9.17, 15) is 6.85 Å². The van der Waals surface area contributed by atoms with Crippen LogP contribution in [0.2, 0.25) is 0 Å². The van der Waals surface area contributed by atoms with Gasteiger partial charge in [-0.1, -0.05) is 169 Å². The second-order valence-corrected chi connectivity index (χ2v) is 17.2. The lowest BCUT2D eigenvalue weighted by Crippen LogP contribution is -2.59. The molecule has 0 saturated carbocycles. The number of fused-ring (bicyclic) bond motifs is 4. The van der Waals surface area contributed by atoms with Crippen LogP contribution in [0.15, 0.2) is 188 Å². The molecule has 60 heavy (non-hydrogen) atoms. The van der Waals surface area contributed by atoms with Crippen LogP contribution in [-0.2, 0) is 10.8 Å². The van der Waals surface area contributed by atoms with Crippen LogP contribution in [0.25, 0.3) is 22.3 Å². The topological polar surface area (TPSA) is 15.7 Å². The summed E-state index contributed by atoms with van der Waals surface area (Å²) in [6.45, 7) is 12.4. The number of ether oxygens (including phenoxy) is 1. The first kappa shape index (κ1) is 25.0. The molecule has 2 aliphatic heterocycles. The Morgan fingerprint density at radius 1 is 0.500 bits per heavy atom. The van der Waals surface area contributed by atoms with Crippen LogP contribution in [0, 0.1) is 0 Å². The highest BCUT2D eigenvalue weighted by Crippen LogP contribution is 2.47. The van der Waals surface area contributed by atoms with E-state index < -0.39 is 114 Å². The van der Waals surface area contributed by atoms with Gasteiger partial charge < -0.3 is 14.5 Å². The van der Waals surface area contributed by atoms with Gasteiger partial charge in [-0.05, 0) is 115 Å². The Morgan fingerprint density at radius 2 is 1.17 bits per heavy atom. The average molecular weight is 791 g/mol. The van der Waals surface area contributed by atoms with Crippen LogP contribution in [0.1, 0.15) is 71.9 Å². The maximum Gasteiger partial charge on any atom is 0.256 e. The summed E-state index contributed by atoms with van der Waals surface area (Å²) in [7, 11) is 0. The molecule has 0 unspecified atom stereocenters. The van der Waals surface area contributed by atoms with Gasteiger partial charge >= 0.3 is 0 Å². The van der Waals surface area contributed by atoms with Crippen molar-refractivity contribution in [2.45, 2.75) is 52.4 Å². The van der Waals surface area contributed by atoms with Crippen LogP contribution in [0.4, 0.5) is 34.1 Å². The maximum absolute atomic E-state index is 9.90. The molecule has 0 saturated heterocycles. The number of benzene rings is 8. The zero-order valence-electron chi connectivity index (χ0n) is 48.2. The van der Waals surface area contributed by atoms with Crippen molar-refractivity contribution in [1.82, 2.24) is 0 Å². The third-order valence-corrected chi connectivity index (χ3v) is 11.3. The lowest BCUT2D eigenvalue weighted by atomic mass is 9.34. The molecule has 292 valence electrons. The van der Waals surface area contributed by atoms with E-state index in [4.69, 9.17) is 17.1 Å². The Kier molecular flexibility index (Phi) is 6.04. The van der Waals surface area contributed by atoms with Gasteiger partial charge in [0, 0.05) is 34.5 Å². The number of nitrogens with zero attached hydrogens (tertiary/aromatic N) is 2. The normalized spacial score (nSPS) is 16.2. The Bertz CT molecular complexity index is 3630. The average Bonchev–Trinajstić information content (AvgIpc) is 3.37. The molecular formula is C56H49BN2O. The minimum Gasteiger partial charge on any atom is -0.458 e. The van der Waals surface area contributed by atoms with Gasteiger partial charge in [0.2, 0.25) is 0 Å². The van der Waals surface area contributed by atoms with Gasteiger partial charge in [-0.3, -0.25) is 0 Å². The number of rotatable bonds is 6. The number of hydrogen-bond acceptors (Lipinski definition) is 3. The number of anilines is 6. The zero-order valence-corrected chi connectivity index (χ0v) is 34.2. The predicted molar refractivity (Wildman–Crippen MR) is 255 cm³/mol. The molecule has 8 aromatic carbocycles. The molecule has 8 aromatic rings. The second-order valence-electron chi connectivity index (χ2n) is 17.2. The first-order chi connectivity index (χ1) is 34.8. The van der Waals surface area contributed by atoms with Crippen LogP contribution < -0.4 is 30.9 Å². The molecule has 0 radical (unpaired) electrons. The third-order valence-electron chi connectivity index (χ3n) is 11.3. The molecule has 0 spiro atoms. The molecule has 3 nitrogen and oxygen atoms in total. The Labute approximate surface area is 375 Å². The molecule has 0 amide bonds. The fourth-order valence-corrected chi connectivity index (χ4v) is 8.21.